The number of hydrogen-bond acceptors (Lipinski definition) is 4. The molecule has 0 radical (unpaired) electrons. The first-order valence-electron chi connectivity index (χ1n) is 14.5. The van der Waals surface area contributed by atoms with Crippen LogP contribution < -0.4 is 0 Å². The highest BCUT2D eigenvalue weighted by molar-refractivity contribution is 9.10. The zero-order valence-corrected chi connectivity index (χ0v) is 27.5. The topological polar surface area (TPSA) is 36.9 Å². The number of ether oxygens (including phenoxy) is 4. The Kier molecular flexibility index (Phi) is 11.0. The van der Waals surface area contributed by atoms with Gasteiger partial charge in [0.05, 0.1) is 26.4 Å². The van der Waals surface area contributed by atoms with Crippen molar-refractivity contribution in [2.45, 2.75) is 24.7 Å². The lowest BCUT2D eigenvalue weighted by Gasteiger charge is -2.32. The lowest BCUT2D eigenvalue weighted by Crippen LogP contribution is -2.29. The third kappa shape index (κ3) is 6.91. The molecular weight excluding hydrogens is 656 g/mol. The van der Waals surface area contributed by atoms with Crippen LogP contribution in [0.3, 0.4) is 0 Å². The molecule has 0 fully saturated rings. The van der Waals surface area contributed by atoms with Gasteiger partial charge < -0.3 is 18.9 Å². The maximum Gasteiger partial charge on any atom is 0.0700 e. The van der Waals surface area contributed by atoms with E-state index >= 15 is 0 Å². The molecule has 0 spiro atoms. The molecule has 0 saturated carbocycles. The molecule has 6 rings (SSSR count). The zero-order chi connectivity index (χ0) is 29.4. The number of hydrogen-bond donors (Lipinski definition) is 0. The predicted molar refractivity (Wildman–Crippen MR) is 177 cm³/mol. The van der Waals surface area contributed by atoms with Crippen molar-refractivity contribution in [3.63, 3.8) is 0 Å². The van der Waals surface area contributed by atoms with Gasteiger partial charge in [0, 0.05) is 41.8 Å². The number of halogens is 2. The zero-order valence-electron chi connectivity index (χ0n) is 24.3. The fraction of sp³-hybridized carbons (Fsp3) is 0.333. The second kappa shape index (κ2) is 14.9. The molecule has 0 amide bonds. The lowest BCUT2D eigenvalue weighted by atomic mass is 9.73. The van der Waals surface area contributed by atoms with Crippen molar-refractivity contribution >= 4 is 31.9 Å². The molecule has 0 N–H and O–H groups in total. The molecule has 42 heavy (non-hydrogen) atoms. The molecule has 2 aliphatic rings. The van der Waals surface area contributed by atoms with Crippen molar-refractivity contribution in [3.05, 3.63) is 116 Å². The largest absolute Gasteiger partial charge is 0.382 e. The minimum Gasteiger partial charge on any atom is -0.382 e. The SMILES string of the molecule is Brc1ccc2c(c1)Cc1ccccc1-2.COCCOCCC1(CCOCCOC)c2ccccc2-c2ccc(Br)cc21. The van der Waals surface area contributed by atoms with E-state index in [4.69, 9.17) is 18.9 Å². The third-order valence-corrected chi connectivity index (χ3v) is 9.18. The Labute approximate surface area is 266 Å². The van der Waals surface area contributed by atoms with E-state index in [0.717, 1.165) is 23.7 Å². The second-order valence-corrected chi connectivity index (χ2v) is 12.5. The van der Waals surface area contributed by atoms with Crippen LogP contribution >= 0.6 is 31.9 Å². The van der Waals surface area contributed by atoms with E-state index in [-0.39, 0.29) is 5.41 Å². The van der Waals surface area contributed by atoms with Crippen molar-refractivity contribution < 1.29 is 18.9 Å². The molecule has 220 valence electrons. The molecule has 4 nitrogen and oxygen atoms in total. The van der Waals surface area contributed by atoms with Gasteiger partial charge in [-0.15, -0.1) is 0 Å². The summed E-state index contributed by atoms with van der Waals surface area (Å²) < 4.78 is 24.2. The van der Waals surface area contributed by atoms with Gasteiger partial charge in [-0.05, 0) is 88.0 Å². The maximum atomic E-state index is 5.87. The molecule has 0 saturated heterocycles. The van der Waals surface area contributed by atoms with Crippen molar-refractivity contribution in [2.75, 3.05) is 53.9 Å². The van der Waals surface area contributed by atoms with Crippen molar-refractivity contribution in [1.29, 1.82) is 0 Å². The van der Waals surface area contributed by atoms with Crippen LogP contribution in [0, 0.1) is 0 Å². The summed E-state index contributed by atoms with van der Waals surface area (Å²) in [5.41, 5.74) is 10.9. The van der Waals surface area contributed by atoms with E-state index in [9.17, 15) is 0 Å². The third-order valence-electron chi connectivity index (χ3n) is 8.20. The van der Waals surface area contributed by atoms with Crippen LogP contribution in [-0.2, 0) is 30.8 Å². The number of benzene rings is 4. The molecule has 4 aromatic carbocycles. The Morgan fingerprint density at radius 1 is 0.548 bits per heavy atom. The molecule has 2 aliphatic carbocycles. The van der Waals surface area contributed by atoms with E-state index in [1.165, 1.54) is 49.0 Å². The van der Waals surface area contributed by atoms with Crippen LogP contribution in [0.1, 0.15) is 35.1 Å². The summed E-state index contributed by atoms with van der Waals surface area (Å²) in [7, 11) is 3.40. The second-order valence-electron chi connectivity index (χ2n) is 10.7. The Morgan fingerprint density at radius 3 is 1.79 bits per heavy atom. The number of fused-ring (bicyclic) bond motifs is 6. The quantitative estimate of drug-likeness (QED) is 0.122. The average molecular weight is 695 g/mol. The minimum atomic E-state index is -0.115. The first kappa shape index (κ1) is 31.1. The van der Waals surface area contributed by atoms with E-state index < -0.39 is 0 Å². The van der Waals surface area contributed by atoms with Crippen LogP contribution in [0.15, 0.2) is 93.9 Å². The Morgan fingerprint density at radius 2 is 1.10 bits per heavy atom. The van der Waals surface area contributed by atoms with Gasteiger partial charge in [-0.25, -0.2) is 0 Å². The summed E-state index contributed by atoms with van der Waals surface area (Å²) in [6.07, 6.45) is 2.89. The number of methoxy groups -OCH3 is 2. The van der Waals surface area contributed by atoms with Gasteiger partial charge in [-0.2, -0.15) is 0 Å². The molecule has 0 aliphatic heterocycles. The van der Waals surface area contributed by atoms with Gasteiger partial charge in [-0.1, -0.05) is 92.5 Å². The summed E-state index contributed by atoms with van der Waals surface area (Å²) in [4.78, 5) is 0. The molecular formula is C36H38Br2O4. The summed E-state index contributed by atoms with van der Waals surface area (Å²) >= 11 is 7.18. The minimum absolute atomic E-state index is 0.115. The van der Waals surface area contributed by atoms with Crippen LogP contribution in [0.25, 0.3) is 22.3 Å². The van der Waals surface area contributed by atoms with Crippen LogP contribution in [-0.4, -0.2) is 53.9 Å². The van der Waals surface area contributed by atoms with Crippen molar-refractivity contribution in [3.8, 4) is 22.3 Å². The highest BCUT2D eigenvalue weighted by Gasteiger charge is 2.42. The lowest BCUT2D eigenvalue weighted by molar-refractivity contribution is 0.0490. The summed E-state index contributed by atoms with van der Waals surface area (Å²) in [5.74, 6) is 0. The van der Waals surface area contributed by atoms with Gasteiger partial charge in [0.25, 0.3) is 0 Å². The summed E-state index contributed by atoms with van der Waals surface area (Å²) in [5, 5.41) is 0. The van der Waals surface area contributed by atoms with E-state index in [0.29, 0.717) is 39.6 Å². The standard InChI is InChI=1S/C23H29BrO4.C13H9Br/c1-25-13-15-27-11-9-23(10-12-28-16-14-26-2)21-6-4-3-5-19(21)20-8-7-18(24)17-22(20)23;14-11-5-6-13-10(8-11)7-9-3-1-2-4-12(9)13/h3-8,17H,9-16H2,1-2H3;1-6,8H,7H2. The first-order chi connectivity index (χ1) is 20.6. The summed E-state index contributed by atoms with van der Waals surface area (Å²) in [6.45, 7) is 3.83. The molecule has 6 heteroatoms. The Bertz CT molecular complexity index is 1470. The van der Waals surface area contributed by atoms with E-state index in [1.54, 1.807) is 14.2 Å². The van der Waals surface area contributed by atoms with Crippen LogP contribution in [0.5, 0.6) is 0 Å². The first-order valence-corrected chi connectivity index (χ1v) is 16.1. The monoisotopic (exact) mass is 692 g/mol. The maximum absolute atomic E-state index is 5.87. The Hall–Kier alpha value is -2.32. The molecule has 0 bridgehead atoms. The van der Waals surface area contributed by atoms with Gasteiger partial charge in [0.2, 0.25) is 0 Å². The predicted octanol–water partition coefficient (Wildman–Crippen LogP) is 8.84. The highest BCUT2D eigenvalue weighted by Crippen LogP contribution is 2.53. The Balaban J connectivity index is 0.000000208. The van der Waals surface area contributed by atoms with Gasteiger partial charge in [0.1, 0.15) is 0 Å². The molecule has 4 aromatic rings. The van der Waals surface area contributed by atoms with Crippen molar-refractivity contribution in [2.24, 2.45) is 0 Å². The van der Waals surface area contributed by atoms with Gasteiger partial charge in [-0.3, -0.25) is 0 Å². The smallest absolute Gasteiger partial charge is 0.0700 e. The number of rotatable bonds is 12. The molecule has 0 atom stereocenters. The molecule has 0 heterocycles. The van der Waals surface area contributed by atoms with Crippen LogP contribution in [0.4, 0.5) is 0 Å². The molecule has 0 unspecified atom stereocenters. The average Bonchev–Trinajstić information content (AvgIpc) is 3.50. The fourth-order valence-corrected chi connectivity index (χ4v) is 6.96. The molecule has 0 aromatic heterocycles. The van der Waals surface area contributed by atoms with Crippen molar-refractivity contribution in [1.82, 2.24) is 0 Å². The van der Waals surface area contributed by atoms with E-state index in [2.05, 4.69) is 117 Å². The fourth-order valence-electron chi connectivity index (χ4n) is 6.19. The summed E-state index contributed by atoms with van der Waals surface area (Å²) in [6, 6.07) is 30.5. The highest BCUT2D eigenvalue weighted by atomic mass is 79.9. The van der Waals surface area contributed by atoms with Gasteiger partial charge in [0.15, 0.2) is 0 Å². The van der Waals surface area contributed by atoms with Crippen LogP contribution in [0.2, 0.25) is 0 Å². The van der Waals surface area contributed by atoms with E-state index in [1.807, 2.05) is 0 Å². The normalized spacial score (nSPS) is 13.5. The van der Waals surface area contributed by atoms with Gasteiger partial charge >= 0.3 is 0 Å².